The molecular formula is C25H27ClN4O4S. The van der Waals surface area contributed by atoms with Crippen molar-refractivity contribution in [1.82, 2.24) is 14.9 Å². The Morgan fingerprint density at radius 2 is 2.00 bits per heavy atom. The van der Waals surface area contributed by atoms with Gasteiger partial charge in [0.2, 0.25) is 6.41 Å². The van der Waals surface area contributed by atoms with Crippen LogP contribution < -0.4 is 10.5 Å². The molecule has 0 aliphatic heterocycles. The van der Waals surface area contributed by atoms with Gasteiger partial charge in [-0.25, -0.2) is 9.97 Å². The van der Waals surface area contributed by atoms with Crippen molar-refractivity contribution >= 4 is 40.2 Å². The zero-order valence-electron chi connectivity index (χ0n) is 19.3. The van der Waals surface area contributed by atoms with Crippen LogP contribution in [0.3, 0.4) is 0 Å². The van der Waals surface area contributed by atoms with E-state index in [2.05, 4.69) is 9.97 Å². The molecule has 0 aliphatic rings. The minimum Gasteiger partial charge on any atom is -0.457 e. The first-order chi connectivity index (χ1) is 16.8. The van der Waals surface area contributed by atoms with Crippen LogP contribution in [0.15, 0.2) is 65.3 Å². The lowest BCUT2D eigenvalue weighted by atomic mass is 10.2. The molecule has 0 saturated carbocycles. The van der Waals surface area contributed by atoms with Crippen molar-refractivity contribution in [2.45, 2.75) is 26.8 Å². The first-order valence-corrected chi connectivity index (χ1v) is 12.0. The number of para-hydroxylation sites is 1. The number of thiol groups is 1. The van der Waals surface area contributed by atoms with Crippen molar-refractivity contribution < 1.29 is 19.7 Å². The molecule has 3 aromatic rings. The monoisotopic (exact) mass is 514 g/mol. The van der Waals surface area contributed by atoms with Gasteiger partial charge in [0, 0.05) is 40.4 Å². The van der Waals surface area contributed by atoms with Gasteiger partial charge >= 0.3 is 0 Å². The zero-order chi connectivity index (χ0) is 25.4. The molecule has 1 heterocycles. The molecule has 0 radical (unpaired) electrons. The molecule has 10 heteroatoms. The molecule has 1 amide bonds. The number of nitrogens with zero attached hydrogens (tertiary/aromatic N) is 3. The molecule has 0 saturated heterocycles. The van der Waals surface area contributed by atoms with Crippen LogP contribution in [0.4, 0.5) is 5.82 Å². The van der Waals surface area contributed by atoms with E-state index in [-0.39, 0.29) is 30.4 Å². The lowest BCUT2D eigenvalue weighted by Crippen LogP contribution is -2.22. The number of aliphatic hydroxyl groups excluding tert-OH is 2. The standard InChI is InChI=1S/C25H27ClN4O4S/c1-16(30(15-32)14-18-13-28-17(2)29-24(18)27)23(10-11-31)35-25(33)21-12-19(26)8-9-22(21)34-20-6-4-3-5-7-20/h3-9,12-13,15,31,33,35H,10-11,14H2,1-2H3,(H2,27,28,29)/b23-16-. The van der Waals surface area contributed by atoms with E-state index in [4.69, 9.17) is 22.1 Å². The van der Waals surface area contributed by atoms with E-state index in [1.54, 1.807) is 50.4 Å². The highest BCUT2D eigenvalue weighted by Crippen LogP contribution is 2.31. The average Bonchev–Trinajstić information content (AvgIpc) is 2.84. The summed E-state index contributed by atoms with van der Waals surface area (Å²) in [7, 11) is 0. The number of carbonyl (C=O) groups excluding carboxylic acids is 1. The van der Waals surface area contributed by atoms with Gasteiger partial charge in [-0.3, -0.25) is 4.79 Å². The molecule has 2 aromatic carbocycles. The highest BCUT2D eigenvalue weighted by molar-refractivity contribution is 8.02. The van der Waals surface area contributed by atoms with Crippen molar-refractivity contribution in [1.29, 1.82) is 0 Å². The van der Waals surface area contributed by atoms with Crippen LogP contribution in [-0.4, -0.2) is 43.1 Å². The summed E-state index contributed by atoms with van der Waals surface area (Å²) in [5.74, 6) is 1.84. The van der Waals surface area contributed by atoms with Gasteiger partial charge in [0.05, 0.1) is 12.1 Å². The number of halogens is 1. The third kappa shape index (κ3) is 7.12. The average molecular weight is 515 g/mol. The summed E-state index contributed by atoms with van der Waals surface area (Å²) in [6, 6.07) is 14.1. The van der Waals surface area contributed by atoms with Gasteiger partial charge in [-0.1, -0.05) is 29.8 Å². The van der Waals surface area contributed by atoms with Crippen molar-refractivity contribution in [3.8, 4) is 11.5 Å². The molecule has 1 aromatic heterocycles. The molecule has 8 nitrogen and oxygen atoms in total. The number of aromatic nitrogens is 2. The second-order valence-corrected chi connectivity index (χ2v) is 9.18. The molecule has 0 spiro atoms. The molecule has 0 unspecified atom stereocenters. The maximum absolute atomic E-state index is 11.9. The number of carbonyl (C=O) groups is 1. The predicted molar refractivity (Wildman–Crippen MR) is 141 cm³/mol. The largest absolute Gasteiger partial charge is 0.457 e. The smallest absolute Gasteiger partial charge is 0.214 e. The number of aryl methyl sites for hydroxylation is 1. The molecule has 0 aliphatic carbocycles. The second-order valence-electron chi connectivity index (χ2n) is 7.56. The van der Waals surface area contributed by atoms with E-state index in [9.17, 15) is 15.0 Å². The van der Waals surface area contributed by atoms with Gasteiger partial charge in [0.25, 0.3) is 0 Å². The number of hydrogen-bond donors (Lipinski definition) is 4. The number of rotatable bonds is 10. The van der Waals surface area contributed by atoms with Crippen LogP contribution in [0, 0.1) is 6.92 Å². The van der Waals surface area contributed by atoms with E-state index in [1.165, 1.54) is 4.90 Å². The number of allylic oxidation sites excluding steroid dienone is 1. The van der Waals surface area contributed by atoms with Crippen molar-refractivity contribution in [3.05, 3.63) is 87.3 Å². The van der Waals surface area contributed by atoms with Crippen LogP contribution in [0.2, 0.25) is 5.02 Å². The molecule has 35 heavy (non-hydrogen) atoms. The van der Waals surface area contributed by atoms with E-state index < -0.39 is 0 Å². The summed E-state index contributed by atoms with van der Waals surface area (Å²) < 4.78 is 5.95. The Morgan fingerprint density at radius 3 is 2.66 bits per heavy atom. The first kappa shape index (κ1) is 26.4. The van der Waals surface area contributed by atoms with E-state index >= 15 is 0 Å². The number of ether oxygens (including phenoxy) is 1. The first-order valence-electron chi connectivity index (χ1n) is 10.7. The van der Waals surface area contributed by atoms with Gasteiger partial charge in [-0.05, 0) is 44.2 Å². The van der Waals surface area contributed by atoms with Crippen LogP contribution in [0.5, 0.6) is 11.5 Å². The molecule has 0 bridgehead atoms. The Hall–Kier alpha value is -3.24. The highest BCUT2D eigenvalue weighted by atomic mass is 35.5. The third-order valence-corrected chi connectivity index (χ3v) is 6.58. The van der Waals surface area contributed by atoms with Crippen molar-refractivity contribution in [3.63, 3.8) is 0 Å². The Bertz CT molecular complexity index is 1250. The van der Waals surface area contributed by atoms with Gasteiger partial charge in [0.1, 0.15) is 28.2 Å². The van der Waals surface area contributed by atoms with E-state index in [0.717, 1.165) is 0 Å². The summed E-state index contributed by atoms with van der Waals surface area (Å²) in [6.07, 6.45) is 2.48. The number of nitrogens with two attached hydrogens (primary N) is 1. The van der Waals surface area contributed by atoms with Crippen molar-refractivity contribution in [2.24, 2.45) is 0 Å². The quantitative estimate of drug-likeness (QED) is 0.177. The number of amides is 1. The Labute approximate surface area is 212 Å². The van der Waals surface area contributed by atoms with Crippen LogP contribution in [0.25, 0.3) is 0 Å². The normalized spacial score (nSPS) is 12.4. The summed E-state index contributed by atoms with van der Waals surface area (Å²) in [4.78, 5) is 22.3. The number of benzene rings is 2. The summed E-state index contributed by atoms with van der Waals surface area (Å²) in [5.41, 5.74) is 7.54. The van der Waals surface area contributed by atoms with Gasteiger partial charge in [-0.15, -0.1) is 11.4 Å². The van der Waals surface area contributed by atoms with E-state index in [0.29, 0.717) is 61.8 Å². The number of nitrogen functional groups attached to an aromatic ring is 1. The van der Waals surface area contributed by atoms with Gasteiger partial charge in [0.15, 0.2) is 0 Å². The molecular weight excluding hydrogens is 488 g/mol. The lowest BCUT2D eigenvalue weighted by Gasteiger charge is -2.22. The van der Waals surface area contributed by atoms with E-state index in [1.807, 2.05) is 18.2 Å². The molecule has 0 atom stereocenters. The lowest BCUT2D eigenvalue weighted by molar-refractivity contribution is -0.116. The minimum absolute atomic E-state index is 0.0368. The topological polar surface area (TPSA) is 122 Å². The molecule has 0 fully saturated rings. The number of anilines is 1. The molecule has 3 rings (SSSR count). The maximum Gasteiger partial charge on any atom is 0.214 e. The molecule has 184 valence electrons. The molecule has 4 N–H and O–H groups in total. The SMILES string of the molecule is C/C(=C(CCO)/[SH]=C(\O)c1cc(Cl)ccc1Oc1ccccc1)N(C=O)Cc1cnc(C)nc1N. The van der Waals surface area contributed by atoms with Gasteiger partial charge < -0.3 is 25.6 Å². The zero-order valence-corrected chi connectivity index (χ0v) is 21.0. The van der Waals surface area contributed by atoms with Crippen molar-refractivity contribution in [2.75, 3.05) is 12.3 Å². The summed E-state index contributed by atoms with van der Waals surface area (Å²) in [6.45, 7) is 3.44. The van der Waals surface area contributed by atoms with Crippen LogP contribution in [0.1, 0.15) is 30.3 Å². The Morgan fingerprint density at radius 1 is 1.26 bits per heavy atom. The van der Waals surface area contributed by atoms with Gasteiger partial charge in [-0.2, -0.15) is 0 Å². The van der Waals surface area contributed by atoms with Crippen LogP contribution in [-0.2, 0) is 11.3 Å². The number of hydrogen-bond acceptors (Lipinski definition) is 6. The highest BCUT2D eigenvalue weighted by Gasteiger charge is 2.15. The second kappa shape index (κ2) is 12.5. The summed E-state index contributed by atoms with van der Waals surface area (Å²) in [5, 5.41) is 21.1. The Balaban J connectivity index is 1.98. The fourth-order valence-corrected chi connectivity index (χ4v) is 4.44. The Kier molecular flexibility index (Phi) is 9.39. The minimum atomic E-state index is -0.168. The third-order valence-electron chi connectivity index (χ3n) is 5.08. The fourth-order valence-electron chi connectivity index (χ4n) is 3.21. The fraction of sp³-hybridized carbons (Fsp3) is 0.200. The predicted octanol–water partition coefficient (Wildman–Crippen LogP) is 4.59. The maximum atomic E-state index is 11.9. The van der Waals surface area contributed by atoms with Crippen LogP contribution >= 0.6 is 23.0 Å². The number of aliphatic hydroxyl groups is 2. The summed E-state index contributed by atoms with van der Waals surface area (Å²) >= 11 is 6.59.